The smallest absolute Gasteiger partial charge is 0.367 e. The lowest BCUT2D eigenvalue weighted by atomic mass is 9.85. The summed E-state index contributed by atoms with van der Waals surface area (Å²) in [6, 6.07) is 5.20. The number of nitrogens with zero attached hydrogens (tertiary/aromatic N) is 1. The van der Waals surface area contributed by atoms with Crippen LogP contribution in [0.3, 0.4) is 0 Å². The summed E-state index contributed by atoms with van der Waals surface area (Å²) in [6.45, 7) is 0.782. The van der Waals surface area contributed by atoms with Gasteiger partial charge in [-0.15, -0.1) is 0 Å². The molecule has 1 aromatic carbocycles. The van der Waals surface area contributed by atoms with Crippen LogP contribution in [0.4, 0.5) is 18.9 Å². The van der Waals surface area contributed by atoms with E-state index in [4.69, 9.17) is 5.73 Å². The van der Waals surface area contributed by atoms with Gasteiger partial charge in [0.25, 0.3) is 9.84 Å². The zero-order valence-corrected chi connectivity index (χ0v) is 11.9. The SMILES string of the molecule is NC1(C2CC2)CN(c2ccccc2S(=O)(=O)C(F)(F)F)C1. The second-order valence-corrected chi connectivity index (χ2v) is 7.69. The Morgan fingerprint density at radius 2 is 1.76 bits per heavy atom. The first-order valence-corrected chi connectivity index (χ1v) is 8.08. The van der Waals surface area contributed by atoms with Crippen molar-refractivity contribution in [3.63, 3.8) is 0 Å². The molecule has 1 aliphatic carbocycles. The van der Waals surface area contributed by atoms with Gasteiger partial charge in [0, 0.05) is 13.1 Å². The molecule has 1 aliphatic heterocycles. The van der Waals surface area contributed by atoms with Gasteiger partial charge in [-0.25, -0.2) is 8.42 Å². The molecule has 1 aromatic rings. The Kier molecular flexibility index (Phi) is 3.04. The standard InChI is InChI=1S/C13H15F3N2O2S/c14-13(15,16)21(19,20)11-4-2-1-3-10(11)18-7-12(17,8-18)9-5-6-9/h1-4,9H,5-8,17H2. The zero-order chi connectivity index (χ0) is 15.5. The van der Waals surface area contributed by atoms with Gasteiger partial charge in [-0.05, 0) is 30.9 Å². The minimum Gasteiger partial charge on any atom is -0.367 e. The van der Waals surface area contributed by atoms with Crippen LogP contribution in [0.15, 0.2) is 29.2 Å². The highest BCUT2D eigenvalue weighted by molar-refractivity contribution is 7.92. The predicted octanol–water partition coefficient (Wildman–Crippen LogP) is 1.91. The number of sulfone groups is 1. The molecule has 0 radical (unpaired) electrons. The highest BCUT2D eigenvalue weighted by Crippen LogP contribution is 2.46. The van der Waals surface area contributed by atoms with Crippen LogP contribution in [0.2, 0.25) is 0 Å². The first kappa shape index (κ1) is 14.6. The molecule has 3 rings (SSSR count). The van der Waals surface area contributed by atoms with Crippen LogP contribution < -0.4 is 10.6 Å². The number of anilines is 1. The van der Waals surface area contributed by atoms with Crippen molar-refractivity contribution in [2.24, 2.45) is 11.7 Å². The van der Waals surface area contributed by atoms with Crippen molar-refractivity contribution >= 4 is 15.5 Å². The average molecular weight is 320 g/mol. The summed E-state index contributed by atoms with van der Waals surface area (Å²) in [5, 5.41) is 0. The van der Waals surface area contributed by atoms with E-state index in [1.807, 2.05) is 0 Å². The summed E-state index contributed by atoms with van der Waals surface area (Å²) in [5.74, 6) is 0.403. The van der Waals surface area contributed by atoms with Crippen molar-refractivity contribution in [1.82, 2.24) is 0 Å². The lowest BCUT2D eigenvalue weighted by Crippen LogP contribution is -2.69. The maximum absolute atomic E-state index is 12.7. The fourth-order valence-corrected chi connectivity index (χ4v) is 3.80. The second-order valence-electron chi connectivity index (χ2n) is 5.78. The van der Waals surface area contributed by atoms with E-state index in [0.717, 1.165) is 18.9 Å². The second kappa shape index (κ2) is 4.36. The Morgan fingerprint density at radius 1 is 1.19 bits per heavy atom. The van der Waals surface area contributed by atoms with Crippen LogP contribution in [-0.4, -0.2) is 32.6 Å². The van der Waals surface area contributed by atoms with Gasteiger partial charge < -0.3 is 10.6 Å². The van der Waals surface area contributed by atoms with Crippen LogP contribution in [0, 0.1) is 5.92 Å². The van der Waals surface area contributed by atoms with Crippen LogP contribution in [0.1, 0.15) is 12.8 Å². The molecule has 1 saturated carbocycles. The van der Waals surface area contributed by atoms with Crippen molar-refractivity contribution in [3.8, 4) is 0 Å². The third-order valence-electron chi connectivity index (χ3n) is 4.16. The fourth-order valence-electron chi connectivity index (χ4n) is 2.82. The van der Waals surface area contributed by atoms with Gasteiger partial charge in [-0.1, -0.05) is 12.1 Å². The van der Waals surface area contributed by atoms with Crippen molar-refractivity contribution in [2.45, 2.75) is 28.8 Å². The van der Waals surface area contributed by atoms with Gasteiger partial charge >= 0.3 is 5.51 Å². The maximum Gasteiger partial charge on any atom is 0.501 e. The normalized spacial score (nSPS) is 22.0. The number of para-hydroxylation sites is 1. The molecule has 0 spiro atoms. The monoisotopic (exact) mass is 320 g/mol. The molecule has 2 N–H and O–H groups in total. The molecule has 8 heteroatoms. The Hall–Kier alpha value is -1.28. The van der Waals surface area contributed by atoms with Gasteiger partial charge in [0.1, 0.15) is 0 Å². The average Bonchev–Trinajstić information content (AvgIpc) is 3.18. The molecule has 0 atom stereocenters. The first-order chi connectivity index (χ1) is 9.65. The van der Waals surface area contributed by atoms with E-state index in [2.05, 4.69) is 0 Å². The summed E-state index contributed by atoms with van der Waals surface area (Å²) in [4.78, 5) is 0.909. The van der Waals surface area contributed by atoms with Crippen molar-refractivity contribution < 1.29 is 21.6 Å². The molecule has 4 nitrogen and oxygen atoms in total. The molecule has 2 aliphatic rings. The summed E-state index contributed by atoms with van der Waals surface area (Å²) in [5.41, 5.74) is 0.553. The van der Waals surface area contributed by atoms with Crippen molar-refractivity contribution in [3.05, 3.63) is 24.3 Å². The van der Waals surface area contributed by atoms with E-state index in [0.29, 0.717) is 19.0 Å². The van der Waals surface area contributed by atoms with Gasteiger partial charge in [-0.2, -0.15) is 13.2 Å². The van der Waals surface area contributed by atoms with E-state index in [1.165, 1.54) is 18.2 Å². The van der Waals surface area contributed by atoms with Crippen molar-refractivity contribution in [2.75, 3.05) is 18.0 Å². The highest BCUT2D eigenvalue weighted by atomic mass is 32.2. The number of halogens is 3. The molecule has 1 saturated heterocycles. The lowest BCUT2D eigenvalue weighted by Gasteiger charge is -2.50. The van der Waals surface area contributed by atoms with Gasteiger partial charge in [-0.3, -0.25) is 0 Å². The van der Waals surface area contributed by atoms with E-state index in [-0.39, 0.29) is 5.69 Å². The number of rotatable bonds is 3. The quantitative estimate of drug-likeness (QED) is 0.924. The van der Waals surface area contributed by atoms with Gasteiger partial charge in [0.15, 0.2) is 0 Å². The molecule has 2 fully saturated rings. The third kappa shape index (κ3) is 2.30. The summed E-state index contributed by atoms with van der Waals surface area (Å²) >= 11 is 0. The molecule has 0 unspecified atom stereocenters. The number of nitrogens with two attached hydrogens (primary N) is 1. The number of hydrogen-bond acceptors (Lipinski definition) is 4. The molecule has 1 heterocycles. The Balaban J connectivity index is 1.92. The van der Waals surface area contributed by atoms with E-state index in [1.54, 1.807) is 4.90 Å². The highest BCUT2D eigenvalue weighted by Gasteiger charge is 2.53. The Bertz CT molecular complexity index is 662. The van der Waals surface area contributed by atoms with Crippen molar-refractivity contribution in [1.29, 1.82) is 0 Å². The number of hydrogen-bond donors (Lipinski definition) is 1. The van der Waals surface area contributed by atoms with Crippen LogP contribution >= 0.6 is 0 Å². The molecule has 116 valence electrons. The van der Waals surface area contributed by atoms with Crippen LogP contribution in [-0.2, 0) is 9.84 Å². The molecule has 21 heavy (non-hydrogen) atoms. The first-order valence-electron chi connectivity index (χ1n) is 6.59. The fraction of sp³-hybridized carbons (Fsp3) is 0.538. The molecule has 0 bridgehead atoms. The van der Waals surface area contributed by atoms with Crippen LogP contribution in [0.25, 0.3) is 0 Å². The third-order valence-corrected chi connectivity index (χ3v) is 5.69. The van der Waals surface area contributed by atoms with E-state index in [9.17, 15) is 21.6 Å². The zero-order valence-electron chi connectivity index (χ0n) is 11.1. The van der Waals surface area contributed by atoms with E-state index >= 15 is 0 Å². The summed E-state index contributed by atoms with van der Waals surface area (Å²) in [7, 11) is -5.35. The minimum atomic E-state index is -5.35. The largest absolute Gasteiger partial charge is 0.501 e. The maximum atomic E-state index is 12.7. The molecule has 0 amide bonds. The summed E-state index contributed by atoms with van der Waals surface area (Å²) < 4.78 is 61.5. The molecular formula is C13H15F3N2O2S. The minimum absolute atomic E-state index is 0.0801. The van der Waals surface area contributed by atoms with Crippen LogP contribution in [0.5, 0.6) is 0 Å². The molecule has 0 aromatic heterocycles. The number of alkyl halides is 3. The van der Waals surface area contributed by atoms with E-state index < -0.39 is 25.8 Å². The Labute approximate surface area is 120 Å². The molecular weight excluding hydrogens is 305 g/mol. The number of benzene rings is 1. The lowest BCUT2D eigenvalue weighted by molar-refractivity contribution is -0.0435. The predicted molar refractivity (Wildman–Crippen MR) is 71.5 cm³/mol. The Morgan fingerprint density at radius 3 is 2.29 bits per heavy atom. The summed E-state index contributed by atoms with van der Waals surface area (Å²) in [6.07, 6.45) is 2.07. The van der Waals surface area contributed by atoms with Gasteiger partial charge in [0.05, 0.1) is 16.1 Å². The topological polar surface area (TPSA) is 63.4 Å². The van der Waals surface area contributed by atoms with Gasteiger partial charge in [0.2, 0.25) is 0 Å².